The molecular formula is C24H27N7O2. The number of aromatic nitrogens is 2. The maximum absolute atomic E-state index is 12.2. The van der Waals surface area contributed by atoms with Crippen molar-refractivity contribution in [3.8, 4) is 12.1 Å². The quantitative estimate of drug-likeness (QED) is 0.650. The Morgan fingerprint density at radius 3 is 2.67 bits per heavy atom. The normalized spacial score (nSPS) is 25.5. The summed E-state index contributed by atoms with van der Waals surface area (Å²) in [6.07, 6.45) is 5.32. The molecule has 1 amide bonds. The van der Waals surface area contributed by atoms with Gasteiger partial charge < -0.3 is 15.6 Å². The molecule has 9 nitrogen and oxygen atoms in total. The van der Waals surface area contributed by atoms with Crippen molar-refractivity contribution >= 4 is 22.7 Å². The molecule has 3 fully saturated rings. The molecule has 4 heterocycles. The molecule has 0 aromatic carbocycles. The van der Waals surface area contributed by atoms with Crippen molar-refractivity contribution in [2.45, 2.75) is 61.6 Å². The zero-order chi connectivity index (χ0) is 23.2. The number of piperidine rings is 1. The first-order valence-electron chi connectivity index (χ1n) is 11.5. The third-order valence-corrected chi connectivity index (χ3v) is 7.70. The van der Waals surface area contributed by atoms with Crippen molar-refractivity contribution in [3.05, 3.63) is 30.1 Å². The molecule has 2 aromatic heterocycles. The van der Waals surface area contributed by atoms with Gasteiger partial charge in [0.25, 0.3) is 0 Å². The van der Waals surface area contributed by atoms with Gasteiger partial charge in [-0.2, -0.15) is 10.5 Å². The number of amides is 1. The summed E-state index contributed by atoms with van der Waals surface area (Å²) in [5.74, 6) is -0.386. The molecular weight excluding hydrogens is 418 g/mol. The summed E-state index contributed by atoms with van der Waals surface area (Å²) in [5, 5.41) is 22.7. The molecule has 2 unspecified atom stereocenters. The fourth-order valence-electron chi connectivity index (χ4n) is 5.55. The second-order valence-electron chi connectivity index (χ2n) is 9.69. The highest BCUT2D eigenvalue weighted by Crippen LogP contribution is 2.47. The molecule has 2 aromatic rings. The van der Waals surface area contributed by atoms with Crippen LogP contribution in [0.2, 0.25) is 0 Å². The smallest absolute Gasteiger partial charge is 0.229 e. The van der Waals surface area contributed by atoms with Gasteiger partial charge in [0, 0.05) is 30.7 Å². The van der Waals surface area contributed by atoms with Gasteiger partial charge in [0.2, 0.25) is 5.91 Å². The van der Waals surface area contributed by atoms with Gasteiger partial charge in [0.05, 0.1) is 47.7 Å². The number of hydrogen-bond acceptors (Lipinski definition) is 7. The first kappa shape index (κ1) is 21.6. The van der Waals surface area contributed by atoms with Crippen LogP contribution >= 0.6 is 0 Å². The minimum absolute atomic E-state index is 0.0531. The fourth-order valence-corrected chi connectivity index (χ4v) is 5.55. The topological polar surface area (TPSA) is 141 Å². The maximum Gasteiger partial charge on any atom is 0.229 e. The van der Waals surface area contributed by atoms with Crippen LogP contribution in [0.3, 0.4) is 0 Å². The Labute approximate surface area is 192 Å². The molecule has 3 aliphatic rings. The molecule has 5 rings (SSSR count). The molecule has 2 atom stereocenters. The highest BCUT2D eigenvalue weighted by atomic mass is 16.1. The summed E-state index contributed by atoms with van der Waals surface area (Å²) < 4.78 is 2.10. The van der Waals surface area contributed by atoms with E-state index in [1.807, 2.05) is 30.5 Å². The van der Waals surface area contributed by atoms with Crippen LogP contribution in [0.4, 0.5) is 0 Å². The van der Waals surface area contributed by atoms with Crippen LogP contribution in [0.5, 0.6) is 0 Å². The molecule has 0 bridgehead atoms. The lowest BCUT2D eigenvalue weighted by molar-refractivity contribution is -0.122. The lowest BCUT2D eigenvalue weighted by Gasteiger charge is -2.54. The van der Waals surface area contributed by atoms with Gasteiger partial charge in [-0.15, -0.1) is 0 Å². The molecule has 0 spiro atoms. The van der Waals surface area contributed by atoms with E-state index in [9.17, 15) is 14.9 Å². The minimum atomic E-state index is -0.655. The van der Waals surface area contributed by atoms with Crippen molar-refractivity contribution in [2.75, 3.05) is 19.6 Å². The molecule has 33 heavy (non-hydrogen) atoms. The van der Waals surface area contributed by atoms with E-state index in [1.54, 1.807) is 0 Å². The van der Waals surface area contributed by atoms with E-state index >= 15 is 0 Å². The number of primary amides is 1. The van der Waals surface area contributed by atoms with Crippen LogP contribution in [0.25, 0.3) is 11.0 Å². The number of carbonyl (C=O) groups is 2. The summed E-state index contributed by atoms with van der Waals surface area (Å²) >= 11 is 0. The number of fused-ring (bicyclic) bond motifs is 1. The lowest BCUT2D eigenvalue weighted by Crippen LogP contribution is -2.67. The van der Waals surface area contributed by atoms with Crippen molar-refractivity contribution < 1.29 is 9.59 Å². The van der Waals surface area contributed by atoms with E-state index in [4.69, 9.17) is 16.0 Å². The summed E-state index contributed by atoms with van der Waals surface area (Å²) in [6, 6.07) is 10.1. The van der Waals surface area contributed by atoms with Gasteiger partial charge in [-0.1, -0.05) is 0 Å². The number of rotatable bonds is 7. The highest BCUT2D eigenvalue weighted by molar-refractivity contribution is 5.90. The second kappa shape index (κ2) is 7.95. The Morgan fingerprint density at radius 2 is 2.00 bits per heavy atom. The second-order valence-corrected chi connectivity index (χ2v) is 9.69. The third-order valence-electron chi connectivity index (χ3n) is 7.70. The lowest BCUT2D eigenvalue weighted by atomic mass is 9.82. The molecule has 2 saturated heterocycles. The number of nitriles is 2. The fraction of sp³-hybridized carbons (Fsp3) is 0.542. The molecule has 2 aliphatic heterocycles. The van der Waals surface area contributed by atoms with Crippen molar-refractivity contribution in [2.24, 2.45) is 5.73 Å². The Hall–Kier alpha value is -3.27. The molecule has 0 radical (unpaired) electrons. The first-order valence-corrected chi connectivity index (χ1v) is 11.5. The van der Waals surface area contributed by atoms with Gasteiger partial charge in [0.15, 0.2) is 5.78 Å². The number of Topliss-reactive ketones (excluding diaryl/α,β-unsaturated/α-hetero) is 1. The summed E-state index contributed by atoms with van der Waals surface area (Å²) in [7, 11) is 0. The Kier molecular flexibility index (Phi) is 5.19. The Balaban J connectivity index is 1.39. The van der Waals surface area contributed by atoms with Crippen LogP contribution < -0.4 is 11.1 Å². The van der Waals surface area contributed by atoms with Crippen LogP contribution in [0.15, 0.2) is 24.4 Å². The van der Waals surface area contributed by atoms with Gasteiger partial charge in [-0.05, 0) is 50.4 Å². The standard InChI is InChI=1S/C24H27N7O2/c25-9-3-19(32)18-13-17(4-11-28-18)30-14-23(15-30,8-10-26)31-12-5-16-1-2-20(29-21(16)31)24(6-7-24)22(27)33/h1-2,5,12,17-18,28H,3-4,6-8,11,13-15H2,(H2,27,33). The minimum Gasteiger partial charge on any atom is -0.369 e. The number of pyridine rings is 1. The number of nitrogens with two attached hydrogens (primary N) is 1. The Morgan fingerprint density at radius 1 is 1.21 bits per heavy atom. The zero-order valence-corrected chi connectivity index (χ0v) is 18.5. The largest absolute Gasteiger partial charge is 0.369 e. The van der Waals surface area contributed by atoms with E-state index in [1.165, 1.54) is 0 Å². The molecule has 1 saturated carbocycles. The number of nitrogens with one attached hydrogen (secondary N) is 1. The molecule has 3 N–H and O–H groups in total. The highest BCUT2D eigenvalue weighted by Gasteiger charge is 2.52. The van der Waals surface area contributed by atoms with E-state index < -0.39 is 11.0 Å². The van der Waals surface area contributed by atoms with E-state index in [0.29, 0.717) is 31.6 Å². The predicted molar refractivity (Wildman–Crippen MR) is 120 cm³/mol. The maximum atomic E-state index is 12.2. The Bertz CT molecular complexity index is 1190. The number of carbonyl (C=O) groups excluding carboxylic acids is 2. The molecule has 1 aliphatic carbocycles. The van der Waals surface area contributed by atoms with E-state index in [0.717, 1.165) is 36.8 Å². The van der Waals surface area contributed by atoms with Crippen LogP contribution in [-0.4, -0.2) is 57.9 Å². The number of likely N-dealkylation sites (tertiary alicyclic amines) is 1. The molecule has 9 heteroatoms. The number of hydrogen-bond donors (Lipinski definition) is 2. The van der Waals surface area contributed by atoms with Crippen molar-refractivity contribution in [1.82, 2.24) is 19.8 Å². The van der Waals surface area contributed by atoms with Gasteiger partial charge in [-0.25, -0.2) is 4.98 Å². The average molecular weight is 446 g/mol. The van der Waals surface area contributed by atoms with Crippen LogP contribution in [-0.2, 0) is 20.5 Å². The SMILES string of the molecule is N#CCC(=O)C1CC(N2CC(CC#N)(n3ccc4ccc(C5(C(N)=O)CC5)nc43)C2)CCN1. The van der Waals surface area contributed by atoms with Crippen LogP contribution in [0, 0.1) is 22.7 Å². The van der Waals surface area contributed by atoms with Crippen molar-refractivity contribution in [3.63, 3.8) is 0 Å². The van der Waals surface area contributed by atoms with Gasteiger partial charge in [-0.3, -0.25) is 14.5 Å². The third kappa shape index (κ3) is 3.49. The first-order chi connectivity index (χ1) is 15.9. The van der Waals surface area contributed by atoms with Crippen LogP contribution in [0.1, 0.15) is 44.2 Å². The van der Waals surface area contributed by atoms with E-state index in [-0.39, 0.29) is 30.2 Å². The van der Waals surface area contributed by atoms with Gasteiger partial charge in [0.1, 0.15) is 5.65 Å². The summed E-state index contributed by atoms with van der Waals surface area (Å²) in [6.45, 7) is 2.13. The summed E-state index contributed by atoms with van der Waals surface area (Å²) in [5.41, 5.74) is 6.10. The monoisotopic (exact) mass is 445 g/mol. The van der Waals surface area contributed by atoms with Crippen molar-refractivity contribution in [1.29, 1.82) is 10.5 Å². The van der Waals surface area contributed by atoms with E-state index in [2.05, 4.69) is 20.9 Å². The predicted octanol–water partition coefficient (Wildman–Crippen LogP) is 1.08. The zero-order valence-electron chi connectivity index (χ0n) is 18.5. The van der Waals surface area contributed by atoms with Gasteiger partial charge >= 0.3 is 0 Å². The summed E-state index contributed by atoms with van der Waals surface area (Å²) in [4.78, 5) is 31.4. The molecule has 170 valence electrons. The number of ketones is 1. The number of nitrogens with zero attached hydrogens (tertiary/aromatic N) is 5. The average Bonchev–Trinajstić information content (AvgIpc) is 3.50.